The van der Waals surface area contributed by atoms with Crippen molar-refractivity contribution in [1.29, 1.82) is 0 Å². The molecule has 0 saturated heterocycles. The lowest BCUT2D eigenvalue weighted by atomic mass is 10.0. The number of nitrogens with one attached hydrogen (secondary N) is 2. The van der Waals surface area contributed by atoms with Crippen LogP contribution in [0.2, 0.25) is 0 Å². The summed E-state index contributed by atoms with van der Waals surface area (Å²) in [5.41, 5.74) is 2.17. The number of amides is 1. The van der Waals surface area contributed by atoms with Gasteiger partial charge in [0.2, 0.25) is 0 Å². The highest BCUT2D eigenvalue weighted by atomic mass is 32.1. The number of rotatable bonds is 6. The first kappa shape index (κ1) is 17.9. The number of ether oxygens (including phenoxy) is 1. The minimum absolute atomic E-state index is 0.0725. The fourth-order valence-electron chi connectivity index (χ4n) is 2.22. The zero-order valence-corrected chi connectivity index (χ0v) is 14.7. The second-order valence-electron chi connectivity index (χ2n) is 5.70. The number of carbonyl (C=O) groups is 1. The topological polar surface area (TPSA) is 50.4 Å². The van der Waals surface area contributed by atoms with E-state index in [1.165, 1.54) is 0 Å². The molecule has 0 radical (unpaired) electrons. The number of hydrogen-bond donors (Lipinski definition) is 2. The summed E-state index contributed by atoms with van der Waals surface area (Å²) in [7, 11) is 0. The number of hydrogen-bond acceptors (Lipinski definition) is 3. The van der Waals surface area contributed by atoms with Gasteiger partial charge in [0.05, 0.1) is 0 Å². The minimum Gasteiger partial charge on any atom is -0.483 e. The van der Waals surface area contributed by atoms with Gasteiger partial charge in [-0.15, -0.1) is 0 Å². The highest BCUT2D eigenvalue weighted by Gasteiger charge is 2.10. The van der Waals surface area contributed by atoms with E-state index in [9.17, 15) is 4.79 Å². The first-order chi connectivity index (χ1) is 11.6. The molecule has 0 bridgehead atoms. The summed E-state index contributed by atoms with van der Waals surface area (Å²) in [6.45, 7) is 4.67. The van der Waals surface area contributed by atoms with Crippen LogP contribution in [0.25, 0.3) is 0 Å². The molecule has 2 aromatic rings. The minimum atomic E-state index is -0.279. The monoisotopic (exact) mass is 342 g/mol. The summed E-state index contributed by atoms with van der Waals surface area (Å²) in [4.78, 5) is 12.0. The summed E-state index contributed by atoms with van der Waals surface area (Å²) in [6.07, 6.45) is 0. The van der Waals surface area contributed by atoms with Crippen LogP contribution in [0.5, 0.6) is 5.75 Å². The number of carbonyl (C=O) groups excluding carboxylic acids is 1. The van der Waals surface area contributed by atoms with Crippen LogP contribution in [-0.4, -0.2) is 17.6 Å². The molecule has 0 aliphatic rings. The van der Waals surface area contributed by atoms with Gasteiger partial charge in [-0.1, -0.05) is 62.4 Å². The Morgan fingerprint density at radius 1 is 1.08 bits per heavy atom. The van der Waals surface area contributed by atoms with Crippen molar-refractivity contribution in [2.24, 2.45) is 0 Å². The van der Waals surface area contributed by atoms with Crippen LogP contribution in [-0.2, 0) is 11.3 Å². The average Bonchev–Trinajstić information content (AvgIpc) is 2.59. The van der Waals surface area contributed by atoms with Gasteiger partial charge in [0, 0.05) is 6.54 Å². The Bertz CT molecular complexity index is 687. The van der Waals surface area contributed by atoms with E-state index in [2.05, 4.69) is 24.5 Å². The zero-order valence-electron chi connectivity index (χ0n) is 13.9. The second-order valence-corrected chi connectivity index (χ2v) is 6.11. The molecule has 0 unspecified atom stereocenters. The van der Waals surface area contributed by atoms with Gasteiger partial charge in [-0.2, -0.15) is 0 Å². The highest BCUT2D eigenvalue weighted by molar-refractivity contribution is 7.80. The highest BCUT2D eigenvalue weighted by Crippen LogP contribution is 2.25. The summed E-state index contributed by atoms with van der Waals surface area (Å²) in [6, 6.07) is 17.6. The standard InChI is InChI=1S/C19H22N2O2S/c1-14(2)16-10-6-7-11-17(16)23-13-18(22)21-19(24)20-12-15-8-4-3-5-9-15/h3-11,14H,12-13H2,1-2H3,(H2,20,21,22,24). The molecular formula is C19H22N2O2S. The lowest BCUT2D eigenvalue weighted by Crippen LogP contribution is -2.41. The lowest BCUT2D eigenvalue weighted by Gasteiger charge is -2.14. The lowest BCUT2D eigenvalue weighted by molar-refractivity contribution is -0.121. The van der Waals surface area contributed by atoms with Crippen LogP contribution in [0.15, 0.2) is 54.6 Å². The Morgan fingerprint density at radius 3 is 2.46 bits per heavy atom. The van der Waals surface area contributed by atoms with Crippen molar-refractivity contribution in [3.63, 3.8) is 0 Å². The molecule has 0 heterocycles. The number of thiocarbonyl (C=S) groups is 1. The van der Waals surface area contributed by atoms with Crippen LogP contribution >= 0.6 is 12.2 Å². The van der Waals surface area contributed by atoms with Gasteiger partial charge in [-0.3, -0.25) is 4.79 Å². The van der Waals surface area contributed by atoms with Gasteiger partial charge in [-0.25, -0.2) is 0 Å². The van der Waals surface area contributed by atoms with E-state index in [4.69, 9.17) is 17.0 Å². The van der Waals surface area contributed by atoms with Crippen molar-refractivity contribution in [1.82, 2.24) is 10.6 Å². The molecule has 0 spiro atoms. The Morgan fingerprint density at radius 2 is 1.75 bits per heavy atom. The fraction of sp³-hybridized carbons (Fsp3) is 0.263. The Kier molecular flexibility index (Phi) is 6.75. The van der Waals surface area contributed by atoms with E-state index in [1.54, 1.807) is 0 Å². The first-order valence-electron chi connectivity index (χ1n) is 7.89. The average molecular weight is 342 g/mol. The maximum atomic E-state index is 12.0. The van der Waals surface area contributed by atoms with Crippen LogP contribution in [0, 0.1) is 0 Å². The molecule has 0 fully saturated rings. The molecule has 2 N–H and O–H groups in total. The van der Waals surface area contributed by atoms with Crippen LogP contribution in [0.4, 0.5) is 0 Å². The second kappa shape index (κ2) is 9.03. The Labute approximate surface area is 148 Å². The quantitative estimate of drug-likeness (QED) is 0.790. The number of para-hydroxylation sites is 1. The molecule has 126 valence electrons. The third kappa shape index (κ3) is 5.66. The molecule has 1 amide bonds. The van der Waals surface area contributed by atoms with E-state index >= 15 is 0 Å². The van der Waals surface area contributed by atoms with E-state index in [0.717, 1.165) is 16.9 Å². The molecule has 2 rings (SSSR count). The zero-order chi connectivity index (χ0) is 17.4. The molecule has 0 atom stereocenters. The van der Waals surface area contributed by atoms with Crippen molar-refractivity contribution >= 4 is 23.2 Å². The molecular weight excluding hydrogens is 320 g/mol. The van der Waals surface area contributed by atoms with Gasteiger partial charge in [0.25, 0.3) is 5.91 Å². The van der Waals surface area contributed by atoms with E-state index < -0.39 is 0 Å². The van der Waals surface area contributed by atoms with Crippen molar-refractivity contribution < 1.29 is 9.53 Å². The van der Waals surface area contributed by atoms with Crippen molar-refractivity contribution in [3.05, 3.63) is 65.7 Å². The molecule has 24 heavy (non-hydrogen) atoms. The maximum absolute atomic E-state index is 12.0. The summed E-state index contributed by atoms with van der Waals surface area (Å²) in [5, 5.41) is 5.92. The third-order valence-corrected chi connectivity index (χ3v) is 3.70. The first-order valence-corrected chi connectivity index (χ1v) is 8.30. The van der Waals surface area contributed by atoms with Crippen LogP contribution in [0.1, 0.15) is 30.9 Å². The Balaban J connectivity index is 1.78. The van der Waals surface area contributed by atoms with Gasteiger partial charge < -0.3 is 15.4 Å². The Hall–Kier alpha value is -2.40. The van der Waals surface area contributed by atoms with Crippen LogP contribution < -0.4 is 15.4 Å². The van der Waals surface area contributed by atoms with Gasteiger partial charge in [0.1, 0.15) is 5.75 Å². The third-order valence-electron chi connectivity index (χ3n) is 3.45. The van der Waals surface area contributed by atoms with Crippen molar-refractivity contribution in [2.45, 2.75) is 26.3 Å². The number of benzene rings is 2. The van der Waals surface area contributed by atoms with E-state index in [0.29, 0.717) is 17.6 Å². The SMILES string of the molecule is CC(C)c1ccccc1OCC(=O)NC(=S)NCc1ccccc1. The van der Waals surface area contributed by atoms with Crippen LogP contribution in [0.3, 0.4) is 0 Å². The molecule has 0 aliphatic heterocycles. The van der Waals surface area contributed by atoms with E-state index in [-0.39, 0.29) is 12.5 Å². The van der Waals surface area contributed by atoms with Crippen molar-refractivity contribution in [3.8, 4) is 5.75 Å². The molecule has 0 saturated carbocycles. The fourth-order valence-corrected chi connectivity index (χ4v) is 2.40. The van der Waals surface area contributed by atoms with Gasteiger partial charge in [0.15, 0.2) is 11.7 Å². The molecule has 0 aliphatic carbocycles. The molecule has 4 nitrogen and oxygen atoms in total. The molecule has 2 aromatic carbocycles. The predicted octanol–water partition coefficient (Wildman–Crippen LogP) is 3.38. The normalized spacial score (nSPS) is 10.3. The van der Waals surface area contributed by atoms with Gasteiger partial charge in [-0.05, 0) is 35.3 Å². The predicted molar refractivity (Wildman–Crippen MR) is 100 cm³/mol. The van der Waals surface area contributed by atoms with E-state index in [1.807, 2.05) is 54.6 Å². The summed E-state index contributed by atoms with van der Waals surface area (Å²) < 4.78 is 5.62. The summed E-state index contributed by atoms with van der Waals surface area (Å²) in [5.74, 6) is 0.780. The smallest absolute Gasteiger partial charge is 0.264 e. The maximum Gasteiger partial charge on any atom is 0.264 e. The molecule has 0 aromatic heterocycles. The van der Waals surface area contributed by atoms with Crippen molar-refractivity contribution in [2.75, 3.05) is 6.61 Å². The largest absolute Gasteiger partial charge is 0.483 e. The molecule has 5 heteroatoms. The summed E-state index contributed by atoms with van der Waals surface area (Å²) >= 11 is 5.13. The van der Waals surface area contributed by atoms with Gasteiger partial charge >= 0.3 is 0 Å².